The van der Waals surface area contributed by atoms with Crippen molar-refractivity contribution in [1.82, 2.24) is 0 Å². The maximum atomic E-state index is 11.8. The van der Waals surface area contributed by atoms with Gasteiger partial charge in [-0.15, -0.1) is 0 Å². The molecule has 0 aromatic heterocycles. The minimum absolute atomic E-state index is 0.0187. The summed E-state index contributed by atoms with van der Waals surface area (Å²) >= 11 is 0. The fraction of sp³-hybridized carbons (Fsp3) is 0.800. The number of hydrogen-bond donors (Lipinski definition) is 0. The lowest BCUT2D eigenvalue weighted by Gasteiger charge is -2.34. The summed E-state index contributed by atoms with van der Waals surface area (Å²) in [5.41, 5.74) is 0. The maximum Gasteiger partial charge on any atom is 0.136 e. The van der Waals surface area contributed by atoms with Crippen molar-refractivity contribution >= 4 is 19.3 Å². The van der Waals surface area contributed by atoms with Crippen LogP contribution in [0.3, 0.4) is 0 Å². The molecule has 0 fully saturated rings. The lowest BCUT2D eigenvalue weighted by molar-refractivity contribution is -0.122. The molecule has 0 unspecified atom stereocenters. The summed E-state index contributed by atoms with van der Waals surface area (Å²) in [6.45, 7) is 11.8. The Bertz CT molecular complexity index is 224. The van der Waals surface area contributed by atoms with Crippen molar-refractivity contribution in [2.45, 2.75) is 52.2 Å². The summed E-state index contributed by atoms with van der Waals surface area (Å²) in [5, 5.41) is 0.215. The quantitative estimate of drug-likeness (QED) is 0.518. The van der Waals surface area contributed by atoms with E-state index in [1.807, 2.05) is 13.1 Å². The molecular formula is C10H20O2Si. The Labute approximate surface area is 81.7 Å². The number of hydrogen-bond acceptors (Lipinski definition) is 2. The van der Waals surface area contributed by atoms with Crippen LogP contribution in [0.5, 0.6) is 0 Å². The highest BCUT2D eigenvalue weighted by atomic mass is 28.3. The van der Waals surface area contributed by atoms with E-state index in [1.54, 1.807) is 0 Å². The normalized spacial score (nSPS) is 12.8. The highest BCUT2D eigenvalue weighted by Crippen LogP contribution is 2.36. The predicted molar refractivity (Wildman–Crippen MR) is 57.5 cm³/mol. The molecule has 0 rings (SSSR count). The molecule has 0 aliphatic heterocycles. The van der Waals surface area contributed by atoms with Gasteiger partial charge >= 0.3 is 0 Å². The average molecular weight is 200 g/mol. The number of carbonyl (C=O) groups is 2. The molecule has 0 aliphatic carbocycles. The SMILES string of the molecule is CC(=O)CC(=O)[Si](C)(C)C(C)(C)C. The van der Waals surface area contributed by atoms with Gasteiger partial charge in [0.1, 0.15) is 19.3 Å². The minimum Gasteiger partial charge on any atom is -0.305 e. The predicted octanol–water partition coefficient (Wildman–Crippen LogP) is 2.58. The van der Waals surface area contributed by atoms with Gasteiger partial charge in [-0.05, 0) is 12.0 Å². The Morgan fingerprint density at radius 3 is 1.77 bits per heavy atom. The second kappa shape index (κ2) is 3.74. The standard InChI is InChI=1S/C10H20O2Si/c1-8(11)7-9(12)13(5,6)10(2,3)4/h7H2,1-6H3. The maximum absolute atomic E-state index is 11.8. The van der Waals surface area contributed by atoms with Gasteiger partial charge in [-0.1, -0.05) is 33.9 Å². The Balaban J connectivity index is 4.65. The third kappa shape index (κ3) is 3.07. The van der Waals surface area contributed by atoms with E-state index in [0.29, 0.717) is 0 Å². The third-order valence-electron chi connectivity index (χ3n) is 2.98. The van der Waals surface area contributed by atoms with E-state index in [4.69, 9.17) is 0 Å². The van der Waals surface area contributed by atoms with Crippen molar-refractivity contribution in [2.75, 3.05) is 0 Å². The molecule has 0 aromatic carbocycles. The molecule has 0 spiro atoms. The second-order valence-corrected chi connectivity index (χ2v) is 10.5. The molecule has 0 amide bonds. The first-order chi connectivity index (χ1) is 5.59. The first-order valence-corrected chi connectivity index (χ1v) is 7.62. The molecule has 0 aliphatic rings. The van der Waals surface area contributed by atoms with Crippen molar-refractivity contribution in [3.63, 3.8) is 0 Å². The molecule has 0 aromatic rings. The van der Waals surface area contributed by atoms with E-state index in [9.17, 15) is 9.59 Å². The van der Waals surface area contributed by atoms with Crippen LogP contribution < -0.4 is 0 Å². The topological polar surface area (TPSA) is 34.1 Å². The van der Waals surface area contributed by atoms with E-state index in [0.717, 1.165) is 0 Å². The van der Waals surface area contributed by atoms with Crippen molar-refractivity contribution in [1.29, 1.82) is 0 Å². The third-order valence-corrected chi connectivity index (χ3v) is 8.30. The van der Waals surface area contributed by atoms with Gasteiger partial charge in [-0.2, -0.15) is 0 Å². The molecule has 76 valence electrons. The molecule has 2 nitrogen and oxygen atoms in total. The van der Waals surface area contributed by atoms with Gasteiger partial charge in [-0.25, -0.2) is 0 Å². The second-order valence-electron chi connectivity index (χ2n) is 5.18. The van der Waals surface area contributed by atoms with Gasteiger partial charge in [0.15, 0.2) is 0 Å². The first kappa shape index (κ1) is 12.6. The fourth-order valence-electron chi connectivity index (χ4n) is 0.865. The van der Waals surface area contributed by atoms with Crippen molar-refractivity contribution in [3.05, 3.63) is 0 Å². The number of carbonyl (C=O) groups excluding carboxylic acids is 2. The van der Waals surface area contributed by atoms with Gasteiger partial charge < -0.3 is 4.79 Å². The van der Waals surface area contributed by atoms with E-state index in [-0.39, 0.29) is 22.6 Å². The highest BCUT2D eigenvalue weighted by molar-refractivity contribution is 7.06. The minimum atomic E-state index is -1.93. The number of Topliss-reactive ketones (excluding diaryl/α,β-unsaturated/α-hetero) is 1. The molecule has 13 heavy (non-hydrogen) atoms. The zero-order valence-electron chi connectivity index (χ0n) is 9.52. The zero-order chi connectivity index (χ0) is 10.9. The molecule has 0 radical (unpaired) electrons. The van der Waals surface area contributed by atoms with Gasteiger partial charge in [0.25, 0.3) is 0 Å². The summed E-state index contributed by atoms with van der Waals surface area (Å²) in [7, 11) is -1.93. The van der Waals surface area contributed by atoms with Gasteiger partial charge in [0.2, 0.25) is 0 Å². The van der Waals surface area contributed by atoms with E-state index < -0.39 is 8.07 Å². The van der Waals surface area contributed by atoms with Crippen molar-refractivity contribution in [3.8, 4) is 0 Å². The van der Waals surface area contributed by atoms with Crippen LogP contribution in [0.4, 0.5) is 0 Å². The van der Waals surface area contributed by atoms with Crippen LogP contribution in [0.15, 0.2) is 0 Å². The molecule has 0 N–H and O–H groups in total. The Hall–Kier alpha value is -0.443. The van der Waals surface area contributed by atoms with Crippen molar-refractivity contribution < 1.29 is 9.59 Å². The molecule has 0 saturated carbocycles. The van der Waals surface area contributed by atoms with Crippen LogP contribution in [0.2, 0.25) is 18.1 Å². The summed E-state index contributed by atoms with van der Waals surface area (Å²) in [5.74, 6) is -0.0187. The van der Waals surface area contributed by atoms with Crippen molar-refractivity contribution in [2.24, 2.45) is 0 Å². The summed E-state index contributed by atoms with van der Waals surface area (Å²) in [6, 6.07) is 0. The molecule has 0 bridgehead atoms. The Kier molecular flexibility index (Phi) is 3.61. The molecule has 0 heterocycles. The van der Waals surface area contributed by atoms with Crippen LogP contribution in [0, 0.1) is 0 Å². The fourth-order valence-corrected chi connectivity index (χ4v) is 2.39. The molecule has 3 heteroatoms. The van der Waals surface area contributed by atoms with Crippen LogP contribution in [0.1, 0.15) is 34.1 Å². The molecule has 0 saturated heterocycles. The Morgan fingerprint density at radius 1 is 1.15 bits per heavy atom. The summed E-state index contributed by atoms with van der Waals surface area (Å²) in [6.07, 6.45) is 0.122. The highest BCUT2D eigenvalue weighted by Gasteiger charge is 2.41. The summed E-state index contributed by atoms with van der Waals surface area (Å²) < 4.78 is 0. The van der Waals surface area contributed by atoms with Gasteiger partial charge in [0, 0.05) is 0 Å². The zero-order valence-corrected chi connectivity index (χ0v) is 10.5. The Morgan fingerprint density at radius 2 is 1.54 bits per heavy atom. The van der Waals surface area contributed by atoms with Crippen LogP contribution in [-0.2, 0) is 9.59 Å². The lowest BCUT2D eigenvalue weighted by atomic mass is 10.2. The van der Waals surface area contributed by atoms with Gasteiger partial charge in [0.05, 0.1) is 6.42 Å². The van der Waals surface area contributed by atoms with E-state index >= 15 is 0 Å². The molecule has 0 atom stereocenters. The molecular weight excluding hydrogens is 180 g/mol. The smallest absolute Gasteiger partial charge is 0.136 e. The number of ketones is 1. The van der Waals surface area contributed by atoms with Crippen LogP contribution in [-0.4, -0.2) is 19.3 Å². The van der Waals surface area contributed by atoms with Crippen LogP contribution >= 0.6 is 0 Å². The average Bonchev–Trinajstić information content (AvgIpc) is 1.82. The van der Waals surface area contributed by atoms with E-state index in [1.165, 1.54) is 6.92 Å². The monoisotopic (exact) mass is 200 g/mol. The van der Waals surface area contributed by atoms with E-state index in [2.05, 4.69) is 20.8 Å². The lowest BCUT2D eigenvalue weighted by Crippen LogP contribution is -2.46. The summed E-state index contributed by atoms with van der Waals surface area (Å²) in [4.78, 5) is 22.6. The first-order valence-electron chi connectivity index (χ1n) is 4.62. The largest absolute Gasteiger partial charge is 0.305 e. The number of rotatable bonds is 3. The van der Waals surface area contributed by atoms with Crippen LogP contribution in [0.25, 0.3) is 0 Å². The van der Waals surface area contributed by atoms with Gasteiger partial charge in [-0.3, -0.25) is 4.79 Å².